The molecule has 6 nitrogen and oxygen atoms in total. The van der Waals surface area contributed by atoms with Crippen molar-refractivity contribution in [3.05, 3.63) is 68.2 Å². The standard InChI is InChI=1S/C18H20BrN3O3/c1-13-11-15(22(24)25)7-8-17(13)20-18(23)9-10-21(2)12-14-5-3-4-6-16(14)19/h3-8,11H,9-10,12H2,1-2H3,(H,20,23). The van der Waals surface area contributed by atoms with Crippen LogP contribution in [0.25, 0.3) is 0 Å². The lowest BCUT2D eigenvalue weighted by atomic mass is 10.1. The molecule has 0 saturated carbocycles. The van der Waals surface area contributed by atoms with E-state index >= 15 is 0 Å². The molecular formula is C18H20BrN3O3. The van der Waals surface area contributed by atoms with Gasteiger partial charge in [0.15, 0.2) is 0 Å². The summed E-state index contributed by atoms with van der Waals surface area (Å²) in [6, 6.07) is 12.4. The number of amides is 1. The number of benzene rings is 2. The van der Waals surface area contributed by atoms with E-state index in [1.807, 2.05) is 31.3 Å². The van der Waals surface area contributed by atoms with E-state index < -0.39 is 4.92 Å². The summed E-state index contributed by atoms with van der Waals surface area (Å²) < 4.78 is 1.05. The molecule has 0 heterocycles. The van der Waals surface area contributed by atoms with E-state index in [2.05, 4.69) is 26.1 Å². The Morgan fingerprint density at radius 3 is 2.64 bits per heavy atom. The summed E-state index contributed by atoms with van der Waals surface area (Å²) >= 11 is 3.52. The van der Waals surface area contributed by atoms with Crippen LogP contribution in [0.4, 0.5) is 11.4 Å². The van der Waals surface area contributed by atoms with E-state index in [0.29, 0.717) is 24.2 Å². The number of carbonyl (C=O) groups excluding carboxylic acids is 1. The summed E-state index contributed by atoms with van der Waals surface area (Å²) in [5, 5.41) is 13.6. The van der Waals surface area contributed by atoms with Crippen molar-refractivity contribution in [3.8, 4) is 0 Å². The average molecular weight is 406 g/mol. The van der Waals surface area contributed by atoms with Crippen molar-refractivity contribution in [2.24, 2.45) is 0 Å². The van der Waals surface area contributed by atoms with Crippen molar-refractivity contribution < 1.29 is 9.72 Å². The van der Waals surface area contributed by atoms with E-state index in [1.54, 1.807) is 13.0 Å². The Kier molecular flexibility index (Phi) is 6.66. The van der Waals surface area contributed by atoms with E-state index in [1.165, 1.54) is 12.1 Å². The number of nitrogens with zero attached hydrogens (tertiary/aromatic N) is 2. The Balaban J connectivity index is 1.86. The summed E-state index contributed by atoms with van der Waals surface area (Å²) in [6.07, 6.45) is 0.345. The van der Waals surface area contributed by atoms with Crippen molar-refractivity contribution in [2.45, 2.75) is 19.9 Å². The summed E-state index contributed by atoms with van der Waals surface area (Å²) in [7, 11) is 1.96. The second-order valence-electron chi connectivity index (χ2n) is 5.88. The number of nitro benzene ring substituents is 1. The maximum atomic E-state index is 12.1. The Hall–Kier alpha value is -2.25. The first-order valence-electron chi connectivity index (χ1n) is 7.83. The molecular weight excluding hydrogens is 386 g/mol. The Morgan fingerprint density at radius 1 is 1.28 bits per heavy atom. The van der Waals surface area contributed by atoms with Crippen LogP contribution >= 0.6 is 15.9 Å². The van der Waals surface area contributed by atoms with Crippen LogP contribution in [0.3, 0.4) is 0 Å². The van der Waals surface area contributed by atoms with Crippen LogP contribution in [0, 0.1) is 17.0 Å². The highest BCUT2D eigenvalue weighted by atomic mass is 79.9. The molecule has 25 heavy (non-hydrogen) atoms. The molecule has 0 radical (unpaired) electrons. The summed E-state index contributed by atoms with van der Waals surface area (Å²) in [5.74, 6) is -0.115. The summed E-state index contributed by atoms with van der Waals surface area (Å²) in [6.45, 7) is 3.09. The summed E-state index contributed by atoms with van der Waals surface area (Å²) in [4.78, 5) is 24.5. The fraction of sp³-hybridized carbons (Fsp3) is 0.278. The molecule has 0 spiro atoms. The van der Waals surface area contributed by atoms with Gasteiger partial charge in [-0.05, 0) is 37.2 Å². The van der Waals surface area contributed by atoms with Gasteiger partial charge in [0.2, 0.25) is 5.91 Å². The second-order valence-corrected chi connectivity index (χ2v) is 6.74. The molecule has 0 atom stereocenters. The van der Waals surface area contributed by atoms with Crippen LogP contribution in [-0.2, 0) is 11.3 Å². The minimum absolute atomic E-state index is 0.0173. The van der Waals surface area contributed by atoms with Gasteiger partial charge in [-0.25, -0.2) is 0 Å². The Labute approximate surface area is 155 Å². The lowest BCUT2D eigenvalue weighted by Crippen LogP contribution is -2.24. The van der Waals surface area contributed by atoms with Gasteiger partial charge in [0.05, 0.1) is 4.92 Å². The molecule has 2 aromatic rings. The number of nitrogens with one attached hydrogen (secondary N) is 1. The number of anilines is 1. The minimum atomic E-state index is -0.449. The molecule has 0 unspecified atom stereocenters. The third-order valence-electron chi connectivity index (χ3n) is 3.81. The number of hydrogen-bond donors (Lipinski definition) is 1. The van der Waals surface area contributed by atoms with Crippen LogP contribution in [0.2, 0.25) is 0 Å². The number of carbonyl (C=O) groups is 1. The first-order valence-corrected chi connectivity index (χ1v) is 8.63. The molecule has 7 heteroatoms. The van der Waals surface area contributed by atoms with Gasteiger partial charge >= 0.3 is 0 Å². The van der Waals surface area contributed by atoms with Crippen LogP contribution in [0.1, 0.15) is 17.5 Å². The zero-order valence-electron chi connectivity index (χ0n) is 14.2. The molecule has 1 N–H and O–H groups in total. The van der Waals surface area contributed by atoms with Crippen molar-refractivity contribution in [2.75, 3.05) is 18.9 Å². The van der Waals surface area contributed by atoms with Crippen LogP contribution in [-0.4, -0.2) is 29.3 Å². The molecule has 0 fully saturated rings. The number of aryl methyl sites for hydroxylation is 1. The van der Waals surface area contributed by atoms with Crippen molar-refractivity contribution in [1.29, 1.82) is 0 Å². The number of nitro groups is 1. The maximum absolute atomic E-state index is 12.1. The predicted molar refractivity (Wildman–Crippen MR) is 102 cm³/mol. The van der Waals surface area contributed by atoms with Gasteiger partial charge in [-0.15, -0.1) is 0 Å². The van der Waals surface area contributed by atoms with E-state index in [4.69, 9.17) is 0 Å². The lowest BCUT2D eigenvalue weighted by molar-refractivity contribution is -0.384. The molecule has 2 aromatic carbocycles. The second kappa shape index (κ2) is 8.73. The van der Waals surface area contributed by atoms with E-state index in [-0.39, 0.29) is 11.6 Å². The normalized spacial score (nSPS) is 10.7. The van der Waals surface area contributed by atoms with Crippen molar-refractivity contribution >= 4 is 33.2 Å². The quantitative estimate of drug-likeness (QED) is 0.554. The minimum Gasteiger partial charge on any atom is -0.326 e. The van der Waals surface area contributed by atoms with Gasteiger partial charge in [0, 0.05) is 41.8 Å². The molecule has 0 aliphatic heterocycles. The lowest BCUT2D eigenvalue weighted by Gasteiger charge is -2.17. The Bertz CT molecular complexity index is 780. The monoisotopic (exact) mass is 405 g/mol. The number of halogens is 1. The zero-order chi connectivity index (χ0) is 18.4. The van der Waals surface area contributed by atoms with Gasteiger partial charge in [0.1, 0.15) is 0 Å². The van der Waals surface area contributed by atoms with Gasteiger partial charge in [-0.1, -0.05) is 34.1 Å². The van der Waals surface area contributed by atoms with Crippen LogP contribution < -0.4 is 5.32 Å². The molecule has 0 aromatic heterocycles. The summed E-state index contributed by atoms with van der Waals surface area (Å²) in [5.41, 5.74) is 2.45. The third-order valence-corrected chi connectivity index (χ3v) is 4.59. The maximum Gasteiger partial charge on any atom is 0.269 e. The molecule has 0 bridgehead atoms. The predicted octanol–water partition coefficient (Wildman–Crippen LogP) is 4.13. The van der Waals surface area contributed by atoms with Crippen LogP contribution in [0.5, 0.6) is 0 Å². The number of non-ortho nitro benzene ring substituents is 1. The molecule has 0 aliphatic rings. The van der Waals surface area contributed by atoms with Crippen LogP contribution in [0.15, 0.2) is 46.9 Å². The van der Waals surface area contributed by atoms with Gasteiger partial charge in [-0.3, -0.25) is 14.9 Å². The van der Waals surface area contributed by atoms with Gasteiger partial charge in [-0.2, -0.15) is 0 Å². The molecule has 132 valence electrons. The number of rotatable bonds is 7. The highest BCUT2D eigenvalue weighted by molar-refractivity contribution is 9.10. The topological polar surface area (TPSA) is 75.5 Å². The molecule has 2 rings (SSSR count). The smallest absolute Gasteiger partial charge is 0.269 e. The van der Waals surface area contributed by atoms with E-state index in [9.17, 15) is 14.9 Å². The largest absolute Gasteiger partial charge is 0.326 e. The molecule has 1 amide bonds. The third kappa shape index (κ3) is 5.65. The van der Waals surface area contributed by atoms with Gasteiger partial charge < -0.3 is 10.2 Å². The first kappa shape index (κ1) is 19.1. The highest BCUT2D eigenvalue weighted by Gasteiger charge is 2.11. The molecule has 0 saturated heterocycles. The average Bonchev–Trinajstić information content (AvgIpc) is 2.57. The van der Waals surface area contributed by atoms with E-state index in [0.717, 1.165) is 16.6 Å². The van der Waals surface area contributed by atoms with Crippen molar-refractivity contribution in [3.63, 3.8) is 0 Å². The molecule has 0 aliphatic carbocycles. The SMILES string of the molecule is Cc1cc([N+](=O)[O-])ccc1NC(=O)CCN(C)Cc1ccccc1Br. The Morgan fingerprint density at radius 2 is 2.00 bits per heavy atom. The van der Waals surface area contributed by atoms with Gasteiger partial charge in [0.25, 0.3) is 5.69 Å². The highest BCUT2D eigenvalue weighted by Crippen LogP contribution is 2.21. The first-order chi connectivity index (χ1) is 11.9. The fourth-order valence-corrected chi connectivity index (χ4v) is 2.81. The zero-order valence-corrected chi connectivity index (χ0v) is 15.7. The fourth-order valence-electron chi connectivity index (χ4n) is 2.40. The van der Waals surface area contributed by atoms with Crippen molar-refractivity contribution in [1.82, 2.24) is 4.90 Å². The number of hydrogen-bond acceptors (Lipinski definition) is 4.